The molecule has 0 bridgehead atoms. The average molecular weight is 346 g/mol. The van der Waals surface area contributed by atoms with E-state index in [1.807, 2.05) is 38.1 Å². The number of carbonyl (C=O) groups is 1. The molecule has 0 aliphatic heterocycles. The highest BCUT2D eigenvalue weighted by atomic mass is 16.1. The second-order valence-corrected chi connectivity index (χ2v) is 6.35. The molecule has 5 nitrogen and oxygen atoms in total. The lowest BCUT2D eigenvalue weighted by Crippen LogP contribution is -2.16. The van der Waals surface area contributed by atoms with E-state index in [-0.39, 0.29) is 11.6 Å². The minimum Gasteiger partial charge on any atom is -0.365 e. The average Bonchev–Trinajstić information content (AvgIpc) is 2.63. The van der Waals surface area contributed by atoms with Crippen LogP contribution in [0.1, 0.15) is 32.7 Å². The van der Waals surface area contributed by atoms with E-state index in [9.17, 15) is 4.79 Å². The Bertz CT molecular complexity index is 899. The maximum atomic E-state index is 12.4. The number of hydrogen-bond donors (Lipinski definition) is 2. The van der Waals surface area contributed by atoms with Gasteiger partial charge in [0, 0.05) is 12.2 Å². The van der Waals surface area contributed by atoms with Crippen molar-refractivity contribution in [1.82, 2.24) is 9.97 Å². The molecular formula is C21H22N4O. The molecule has 0 radical (unpaired) electrons. The smallest absolute Gasteiger partial charge is 0.275 e. The summed E-state index contributed by atoms with van der Waals surface area (Å²) in [5.41, 5.74) is 5.53. The number of nitrogens with one attached hydrogen (secondary N) is 2. The van der Waals surface area contributed by atoms with Crippen molar-refractivity contribution >= 4 is 17.4 Å². The van der Waals surface area contributed by atoms with E-state index in [1.165, 1.54) is 17.3 Å². The van der Waals surface area contributed by atoms with Gasteiger partial charge < -0.3 is 10.6 Å². The third-order valence-corrected chi connectivity index (χ3v) is 4.16. The molecule has 3 aromatic rings. The second-order valence-electron chi connectivity index (χ2n) is 6.35. The molecule has 0 saturated heterocycles. The monoisotopic (exact) mass is 346 g/mol. The van der Waals surface area contributed by atoms with Crippen LogP contribution in [0.2, 0.25) is 0 Å². The summed E-state index contributed by atoms with van der Waals surface area (Å²) in [6.45, 7) is 6.65. The fourth-order valence-electron chi connectivity index (χ4n) is 2.74. The molecule has 0 fully saturated rings. The summed E-state index contributed by atoms with van der Waals surface area (Å²) >= 11 is 0. The molecule has 2 aromatic carbocycles. The SMILES string of the molecule is Cc1cccc(CNc2cnc(C(=O)Nc3c(C)cccc3C)cn2)c1. The summed E-state index contributed by atoms with van der Waals surface area (Å²) in [5, 5.41) is 6.13. The fraction of sp³-hybridized carbons (Fsp3) is 0.190. The molecule has 1 aromatic heterocycles. The van der Waals surface area contributed by atoms with Crippen molar-refractivity contribution in [2.24, 2.45) is 0 Å². The molecule has 0 atom stereocenters. The standard InChI is InChI=1S/C21H22N4O/c1-14-6-4-9-17(10-14)11-23-19-13-22-18(12-24-19)21(26)25-20-15(2)7-5-8-16(20)3/h4-10,12-13H,11H2,1-3H3,(H,23,24)(H,25,26). The summed E-state index contributed by atoms with van der Waals surface area (Å²) in [6, 6.07) is 14.2. The topological polar surface area (TPSA) is 66.9 Å². The maximum Gasteiger partial charge on any atom is 0.275 e. The Kier molecular flexibility index (Phi) is 5.27. The van der Waals surface area contributed by atoms with Crippen molar-refractivity contribution < 1.29 is 4.79 Å². The van der Waals surface area contributed by atoms with Crippen molar-refractivity contribution in [2.45, 2.75) is 27.3 Å². The number of amides is 1. The predicted octanol–water partition coefficient (Wildman–Crippen LogP) is 4.27. The minimum absolute atomic E-state index is 0.264. The molecule has 1 heterocycles. The number of aromatic nitrogens is 2. The van der Waals surface area contributed by atoms with Gasteiger partial charge in [0.05, 0.1) is 12.4 Å². The number of anilines is 2. The lowest BCUT2D eigenvalue weighted by Gasteiger charge is -2.11. The lowest BCUT2D eigenvalue weighted by atomic mass is 10.1. The molecule has 132 valence electrons. The summed E-state index contributed by atoms with van der Waals surface area (Å²) in [4.78, 5) is 20.9. The van der Waals surface area contributed by atoms with Crippen LogP contribution in [0.5, 0.6) is 0 Å². The first-order valence-corrected chi connectivity index (χ1v) is 8.52. The van der Waals surface area contributed by atoms with Crippen LogP contribution in [0.25, 0.3) is 0 Å². The van der Waals surface area contributed by atoms with Crippen molar-refractivity contribution in [3.05, 3.63) is 82.8 Å². The molecule has 1 amide bonds. The number of para-hydroxylation sites is 1. The minimum atomic E-state index is -0.264. The Morgan fingerprint density at radius 3 is 2.35 bits per heavy atom. The van der Waals surface area contributed by atoms with Crippen molar-refractivity contribution in [3.63, 3.8) is 0 Å². The Morgan fingerprint density at radius 1 is 0.962 bits per heavy atom. The molecular weight excluding hydrogens is 324 g/mol. The van der Waals surface area contributed by atoms with Crippen LogP contribution in [-0.4, -0.2) is 15.9 Å². The number of nitrogens with zero attached hydrogens (tertiary/aromatic N) is 2. The van der Waals surface area contributed by atoms with Crippen LogP contribution >= 0.6 is 0 Å². The maximum absolute atomic E-state index is 12.4. The fourth-order valence-corrected chi connectivity index (χ4v) is 2.74. The zero-order valence-corrected chi connectivity index (χ0v) is 15.2. The van der Waals surface area contributed by atoms with E-state index < -0.39 is 0 Å². The zero-order valence-electron chi connectivity index (χ0n) is 15.2. The van der Waals surface area contributed by atoms with Gasteiger partial charge in [0.2, 0.25) is 0 Å². The van der Waals surface area contributed by atoms with Crippen LogP contribution in [0.3, 0.4) is 0 Å². The van der Waals surface area contributed by atoms with Gasteiger partial charge in [0.15, 0.2) is 0 Å². The van der Waals surface area contributed by atoms with Crippen LogP contribution in [-0.2, 0) is 6.54 Å². The molecule has 0 spiro atoms. The highest BCUT2D eigenvalue weighted by Gasteiger charge is 2.11. The Labute approximate surface area is 153 Å². The molecule has 2 N–H and O–H groups in total. The van der Waals surface area contributed by atoms with Gasteiger partial charge in [-0.2, -0.15) is 0 Å². The third kappa shape index (κ3) is 4.25. The summed E-state index contributed by atoms with van der Waals surface area (Å²) in [7, 11) is 0. The van der Waals surface area contributed by atoms with E-state index in [1.54, 1.807) is 6.20 Å². The largest absolute Gasteiger partial charge is 0.365 e. The molecule has 26 heavy (non-hydrogen) atoms. The van der Waals surface area contributed by atoms with Crippen LogP contribution in [0.15, 0.2) is 54.9 Å². The Hall–Kier alpha value is -3.21. The number of carbonyl (C=O) groups excluding carboxylic acids is 1. The van der Waals surface area contributed by atoms with E-state index in [0.717, 1.165) is 16.8 Å². The van der Waals surface area contributed by atoms with Gasteiger partial charge in [0.25, 0.3) is 5.91 Å². The molecule has 3 rings (SSSR count). The van der Waals surface area contributed by atoms with Crippen LogP contribution in [0.4, 0.5) is 11.5 Å². The van der Waals surface area contributed by atoms with E-state index in [4.69, 9.17) is 0 Å². The van der Waals surface area contributed by atoms with Gasteiger partial charge in [0.1, 0.15) is 11.5 Å². The van der Waals surface area contributed by atoms with Gasteiger partial charge in [-0.15, -0.1) is 0 Å². The van der Waals surface area contributed by atoms with Gasteiger partial charge >= 0.3 is 0 Å². The summed E-state index contributed by atoms with van der Waals surface area (Å²) < 4.78 is 0. The van der Waals surface area contributed by atoms with Gasteiger partial charge in [-0.3, -0.25) is 4.79 Å². The first-order chi connectivity index (χ1) is 12.5. The van der Waals surface area contributed by atoms with Crippen LogP contribution in [0, 0.1) is 20.8 Å². The van der Waals surface area contributed by atoms with Crippen LogP contribution < -0.4 is 10.6 Å². The number of benzene rings is 2. The second kappa shape index (κ2) is 7.78. The Balaban J connectivity index is 1.64. The lowest BCUT2D eigenvalue weighted by molar-refractivity contribution is 0.102. The van der Waals surface area contributed by atoms with E-state index >= 15 is 0 Å². The first-order valence-electron chi connectivity index (χ1n) is 8.52. The highest BCUT2D eigenvalue weighted by molar-refractivity contribution is 6.03. The molecule has 0 saturated carbocycles. The normalized spacial score (nSPS) is 10.4. The molecule has 0 unspecified atom stereocenters. The quantitative estimate of drug-likeness (QED) is 0.724. The van der Waals surface area contributed by atoms with E-state index in [2.05, 4.69) is 45.7 Å². The molecule has 0 aliphatic carbocycles. The van der Waals surface area contributed by atoms with Gasteiger partial charge in [-0.25, -0.2) is 9.97 Å². The predicted molar refractivity (Wildman–Crippen MR) is 104 cm³/mol. The number of aryl methyl sites for hydroxylation is 3. The zero-order chi connectivity index (χ0) is 18.5. The van der Waals surface area contributed by atoms with Crippen molar-refractivity contribution in [2.75, 3.05) is 10.6 Å². The van der Waals surface area contributed by atoms with Gasteiger partial charge in [-0.1, -0.05) is 48.0 Å². The molecule has 0 aliphatic rings. The third-order valence-electron chi connectivity index (χ3n) is 4.16. The summed E-state index contributed by atoms with van der Waals surface area (Å²) in [5.74, 6) is 0.371. The molecule has 5 heteroatoms. The van der Waals surface area contributed by atoms with Crippen molar-refractivity contribution in [1.29, 1.82) is 0 Å². The number of rotatable bonds is 5. The van der Waals surface area contributed by atoms with Crippen molar-refractivity contribution in [3.8, 4) is 0 Å². The van der Waals surface area contributed by atoms with E-state index in [0.29, 0.717) is 12.4 Å². The van der Waals surface area contributed by atoms with Gasteiger partial charge in [-0.05, 0) is 37.5 Å². The summed E-state index contributed by atoms with van der Waals surface area (Å²) in [6.07, 6.45) is 3.07. The number of hydrogen-bond acceptors (Lipinski definition) is 4. The first kappa shape index (κ1) is 17.6. The highest BCUT2D eigenvalue weighted by Crippen LogP contribution is 2.20. The Morgan fingerprint density at radius 2 is 1.69 bits per heavy atom.